The maximum atomic E-state index is 11.7. The van der Waals surface area contributed by atoms with Crippen LogP contribution in [0.1, 0.15) is 19.8 Å². The molecule has 0 saturated heterocycles. The van der Waals surface area contributed by atoms with Crippen molar-refractivity contribution in [2.24, 2.45) is 0 Å². The Labute approximate surface area is 112 Å². The molecule has 1 N–H and O–H groups in total. The van der Waals surface area contributed by atoms with Crippen LogP contribution in [0, 0.1) is 0 Å². The molecule has 0 atom stereocenters. The van der Waals surface area contributed by atoms with E-state index < -0.39 is 11.8 Å². The number of hydrogen-bond acceptors (Lipinski definition) is 2. The first-order chi connectivity index (χ1) is 8.56. The van der Waals surface area contributed by atoms with Gasteiger partial charge in [-0.25, -0.2) is 0 Å². The number of amides is 2. The minimum Gasteiger partial charge on any atom is -0.338 e. The van der Waals surface area contributed by atoms with Gasteiger partial charge in [0.2, 0.25) is 0 Å². The summed E-state index contributed by atoms with van der Waals surface area (Å²) in [6, 6.07) is 6.81. The molecule has 0 radical (unpaired) electrons. The Balaban J connectivity index is 2.60. The van der Waals surface area contributed by atoms with E-state index in [1.165, 1.54) is 4.90 Å². The van der Waals surface area contributed by atoms with Crippen molar-refractivity contribution in [3.63, 3.8) is 0 Å². The lowest BCUT2D eigenvalue weighted by atomic mass is 10.3. The van der Waals surface area contributed by atoms with Gasteiger partial charge < -0.3 is 10.2 Å². The van der Waals surface area contributed by atoms with Crippen molar-refractivity contribution in [1.29, 1.82) is 0 Å². The average molecular weight is 269 g/mol. The molecule has 0 aliphatic rings. The molecule has 0 bridgehead atoms. The lowest BCUT2D eigenvalue weighted by Gasteiger charge is -2.16. The van der Waals surface area contributed by atoms with Crippen LogP contribution in [-0.2, 0) is 9.59 Å². The smallest absolute Gasteiger partial charge is 0.313 e. The minimum atomic E-state index is -0.665. The fourth-order valence-corrected chi connectivity index (χ4v) is 1.59. The fraction of sp³-hybridized carbons (Fsp3) is 0.385. The van der Waals surface area contributed by atoms with Crippen LogP contribution in [0.15, 0.2) is 24.3 Å². The van der Waals surface area contributed by atoms with Crippen molar-refractivity contribution in [3.8, 4) is 0 Å². The first-order valence-electron chi connectivity index (χ1n) is 5.87. The average Bonchev–Trinajstić information content (AvgIpc) is 2.37. The normalized spacial score (nSPS) is 9.94. The molecule has 0 aliphatic heterocycles. The highest BCUT2D eigenvalue weighted by Crippen LogP contribution is 2.20. The minimum absolute atomic E-state index is 0.412. The molecule has 1 aromatic carbocycles. The number of carbonyl (C=O) groups is 2. The third kappa shape index (κ3) is 4.04. The van der Waals surface area contributed by atoms with Crippen LogP contribution in [0.25, 0.3) is 0 Å². The molecule has 0 heterocycles. The number of para-hydroxylation sites is 1. The lowest BCUT2D eigenvalue weighted by Crippen LogP contribution is -2.37. The summed E-state index contributed by atoms with van der Waals surface area (Å²) in [6.45, 7) is 2.60. The molecule has 18 heavy (non-hydrogen) atoms. The predicted octanol–water partition coefficient (Wildman–Crippen LogP) is 2.54. The molecule has 0 aromatic heterocycles. The highest BCUT2D eigenvalue weighted by Gasteiger charge is 2.18. The first-order valence-corrected chi connectivity index (χ1v) is 6.25. The summed E-state index contributed by atoms with van der Waals surface area (Å²) in [5.41, 5.74) is 0.446. The van der Waals surface area contributed by atoms with Gasteiger partial charge in [-0.05, 0) is 18.6 Å². The number of unbranched alkanes of at least 4 members (excludes halogenated alkanes) is 1. The first kappa shape index (κ1) is 14.5. The zero-order chi connectivity index (χ0) is 13.5. The van der Waals surface area contributed by atoms with Gasteiger partial charge in [0.05, 0.1) is 10.7 Å². The summed E-state index contributed by atoms with van der Waals surface area (Å²) in [7, 11) is 1.62. The summed E-state index contributed by atoms with van der Waals surface area (Å²) in [4.78, 5) is 24.9. The van der Waals surface area contributed by atoms with Gasteiger partial charge in [0.15, 0.2) is 0 Å². The van der Waals surface area contributed by atoms with Crippen LogP contribution in [0.4, 0.5) is 5.69 Å². The molecule has 4 nitrogen and oxygen atoms in total. The van der Waals surface area contributed by atoms with E-state index in [1.54, 1.807) is 31.3 Å². The number of benzene rings is 1. The maximum Gasteiger partial charge on any atom is 0.313 e. The van der Waals surface area contributed by atoms with E-state index in [2.05, 4.69) is 5.32 Å². The van der Waals surface area contributed by atoms with Gasteiger partial charge in [-0.2, -0.15) is 0 Å². The van der Waals surface area contributed by atoms with E-state index in [-0.39, 0.29) is 0 Å². The topological polar surface area (TPSA) is 49.4 Å². The van der Waals surface area contributed by atoms with Crippen molar-refractivity contribution in [1.82, 2.24) is 4.90 Å². The monoisotopic (exact) mass is 268 g/mol. The van der Waals surface area contributed by atoms with E-state index in [9.17, 15) is 9.59 Å². The summed E-state index contributed by atoms with van der Waals surface area (Å²) in [6.07, 6.45) is 1.85. The van der Waals surface area contributed by atoms with E-state index in [4.69, 9.17) is 11.6 Å². The van der Waals surface area contributed by atoms with Crippen LogP contribution < -0.4 is 5.32 Å². The second-order valence-corrected chi connectivity index (χ2v) is 4.42. The number of nitrogens with one attached hydrogen (secondary N) is 1. The number of hydrogen-bond donors (Lipinski definition) is 1. The molecular formula is C13H17ClN2O2. The summed E-state index contributed by atoms with van der Waals surface area (Å²) in [5, 5.41) is 2.92. The molecule has 98 valence electrons. The zero-order valence-corrected chi connectivity index (χ0v) is 11.3. The largest absolute Gasteiger partial charge is 0.338 e. The van der Waals surface area contributed by atoms with Gasteiger partial charge in [0.1, 0.15) is 0 Å². The maximum absolute atomic E-state index is 11.7. The Hall–Kier alpha value is -1.55. The van der Waals surface area contributed by atoms with Gasteiger partial charge in [0.25, 0.3) is 0 Å². The highest BCUT2D eigenvalue weighted by atomic mass is 35.5. The molecule has 1 aromatic rings. The molecular weight excluding hydrogens is 252 g/mol. The van der Waals surface area contributed by atoms with E-state index >= 15 is 0 Å². The van der Waals surface area contributed by atoms with Gasteiger partial charge in [0, 0.05) is 13.6 Å². The molecule has 0 spiro atoms. The third-order valence-electron chi connectivity index (χ3n) is 2.51. The second kappa shape index (κ2) is 7.01. The van der Waals surface area contributed by atoms with Crippen molar-refractivity contribution in [2.45, 2.75) is 19.8 Å². The Morgan fingerprint density at radius 3 is 2.61 bits per heavy atom. The molecule has 0 fully saturated rings. The van der Waals surface area contributed by atoms with Crippen molar-refractivity contribution in [2.75, 3.05) is 18.9 Å². The summed E-state index contributed by atoms with van der Waals surface area (Å²) < 4.78 is 0. The molecule has 1 rings (SSSR count). The van der Waals surface area contributed by atoms with Crippen molar-refractivity contribution >= 4 is 29.1 Å². The molecule has 0 aliphatic carbocycles. The fourth-order valence-electron chi connectivity index (χ4n) is 1.41. The van der Waals surface area contributed by atoms with Gasteiger partial charge >= 0.3 is 11.8 Å². The number of carbonyl (C=O) groups excluding carboxylic acids is 2. The second-order valence-electron chi connectivity index (χ2n) is 4.01. The number of rotatable bonds is 4. The van der Waals surface area contributed by atoms with Crippen LogP contribution in [-0.4, -0.2) is 30.3 Å². The third-order valence-corrected chi connectivity index (χ3v) is 2.84. The standard InChI is InChI=1S/C13H17ClN2O2/c1-3-4-9-16(2)13(18)12(17)15-11-8-6-5-7-10(11)14/h5-8H,3-4,9H2,1-2H3,(H,15,17). The van der Waals surface area contributed by atoms with Crippen LogP contribution in [0.2, 0.25) is 5.02 Å². The van der Waals surface area contributed by atoms with E-state index in [1.807, 2.05) is 6.92 Å². The Bertz CT molecular complexity index is 435. The summed E-state index contributed by atoms with van der Waals surface area (Å²) in [5.74, 6) is -1.22. The van der Waals surface area contributed by atoms with E-state index in [0.717, 1.165) is 12.8 Å². The molecule has 0 unspecified atom stereocenters. The van der Waals surface area contributed by atoms with Crippen LogP contribution >= 0.6 is 11.6 Å². The SMILES string of the molecule is CCCCN(C)C(=O)C(=O)Nc1ccccc1Cl. The van der Waals surface area contributed by atoms with Gasteiger partial charge in [-0.3, -0.25) is 9.59 Å². The Kier molecular flexibility index (Phi) is 5.65. The van der Waals surface area contributed by atoms with Crippen molar-refractivity contribution in [3.05, 3.63) is 29.3 Å². The Morgan fingerprint density at radius 2 is 2.00 bits per heavy atom. The number of nitrogens with zero attached hydrogens (tertiary/aromatic N) is 1. The van der Waals surface area contributed by atoms with Crippen LogP contribution in [0.3, 0.4) is 0 Å². The summed E-state index contributed by atoms with van der Waals surface area (Å²) >= 11 is 5.90. The number of halogens is 1. The van der Waals surface area contributed by atoms with Gasteiger partial charge in [-0.1, -0.05) is 37.1 Å². The number of anilines is 1. The van der Waals surface area contributed by atoms with Crippen LogP contribution in [0.5, 0.6) is 0 Å². The lowest BCUT2D eigenvalue weighted by molar-refractivity contribution is -0.142. The molecule has 5 heteroatoms. The van der Waals surface area contributed by atoms with Crippen molar-refractivity contribution < 1.29 is 9.59 Å². The molecule has 0 saturated carbocycles. The predicted molar refractivity (Wildman–Crippen MR) is 72.6 cm³/mol. The number of likely N-dealkylation sites (N-methyl/N-ethyl adjacent to an activating group) is 1. The zero-order valence-electron chi connectivity index (χ0n) is 10.6. The van der Waals surface area contributed by atoms with Gasteiger partial charge in [-0.15, -0.1) is 0 Å². The Morgan fingerprint density at radius 1 is 1.33 bits per heavy atom. The molecule has 2 amide bonds. The van der Waals surface area contributed by atoms with E-state index in [0.29, 0.717) is 17.3 Å². The quantitative estimate of drug-likeness (QED) is 0.853. The highest BCUT2D eigenvalue weighted by molar-refractivity contribution is 6.41.